The highest BCUT2D eigenvalue weighted by Gasteiger charge is 2.05. The van der Waals surface area contributed by atoms with Gasteiger partial charge in [-0.3, -0.25) is 4.98 Å². The molecule has 3 aromatic heterocycles. The van der Waals surface area contributed by atoms with Crippen molar-refractivity contribution in [2.75, 3.05) is 0 Å². The molecule has 18 heavy (non-hydrogen) atoms. The topological polar surface area (TPSA) is 54.7 Å². The van der Waals surface area contributed by atoms with E-state index in [1.807, 2.05) is 30.5 Å². The molecule has 0 saturated heterocycles. The van der Waals surface area contributed by atoms with Crippen molar-refractivity contribution in [2.24, 2.45) is 0 Å². The molecule has 4 aromatic rings. The van der Waals surface area contributed by atoms with Crippen molar-refractivity contribution in [1.29, 1.82) is 0 Å². The average molecular weight is 235 g/mol. The number of hydrogen-bond donors (Lipinski definition) is 1. The van der Waals surface area contributed by atoms with Crippen LogP contribution >= 0.6 is 0 Å². The Bertz CT molecular complexity index is 811. The van der Waals surface area contributed by atoms with E-state index in [0.29, 0.717) is 0 Å². The Hall–Kier alpha value is -2.62. The van der Waals surface area contributed by atoms with Crippen molar-refractivity contribution in [3.8, 4) is 11.3 Å². The van der Waals surface area contributed by atoms with Gasteiger partial charge in [-0.2, -0.15) is 0 Å². The lowest BCUT2D eigenvalue weighted by molar-refractivity contribution is 0.602. The number of aromatic nitrogens is 3. The number of hydrogen-bond acceptors (Lipinski definition) is 3. The van der Waals surface area contributed by atoms with E-state index in [1.165, 1.54) is 6.39 Å². The summed E-state index contributed by atoms with van der Waals surface area (Å²) in [5.41, 5.74) is 4.90. The standard InChI is InChI=1S/C14H9N3O/c1-2-14-13(16-8-18-14)5-9(1)12-6-10-7-15-4-3-11(10)17-12/h1-8,17H. The van der Waals surface area contributed by atoms with E-state index in [1.54, 1.807) is 6.20 Å². The molecule has 0 unspecified atom stereocenters. The van der Waals surface area contributed by atoms with Crippen LogP contribution in [0.3, 0.4) is 0 Å². The Morgan fingerprint density at radius 3 is 3.06 bits per heavy atom. The van der Waals surface area contributed by atoms with Gasteiger partial charge in [0.15, 0.2) is 12.0 Å². The third kappa shape index (κ3) is 1.32. The summed E-state index contributed by atoms with van der Waals surface area (Å²) in [5, 5.41) is 1.10. The van der Waals surface area contributed by atoms with E-state index in [2.05, 4.69) is 21.0 Å². The first-order valence-electron chi connectivity index (χ1n) is 5.66. The van der Waals surface area contributed by atoms with Crippen LogP contribution in [0.1, 0.15) is 0 Å². The lowest BCUT2D eigenvalue weighted by atomic mass is 10.1. The van der Waals surface area contributed by atoms with E-state index in [-0.39, 0.29) is 0 Å². The van der Waals surface area contributed by atoms with E-state index in [4.69, 9.17) is 4.42 Å². The summed E-state index contributed by atoms with van der Waals surface area (Å²) >= 11 is 0. The normalized spacial score (nSPS) is 11.3. The molecule has 4 heteroatoms. The van der Waals surface area contributed by atoms with Crippen LogP contribution in [0.4, 0.5) is 0 Å². The average Bonchev–Trinajstić information content (AvgIpc) is 3.04. The van der Waals surface area contributed by atoms with Gasteiger partial charge in [0.05, 0.1) is 0 Å². The number of aromatic amines is 1. The second-order valence-corrected chi connectivity index (χ2v) is 4.18. The van der Waals surface area contributed by atoms with Crippen molar-refractivity contribution < 1.29 is 4.42 Å². The molecule has 1 N–H and O–H groups in total. The monoisotopic (exact) mass is 235 g/mol. The Morgan fingerprint density at radius 1 is 1.11 bits per heavy atom. The van der Waals surface area contributed by atoms with Gasteiger partial charge >= 0.3 is 0 Å². The zero-order valence-corrected chi connectivity index (χ0v) is 9.42. The van der Waals surface area contributed by atoms with Gasteiger partial charge in [0.2, 0.25) is 0 Å². The number of benzene rings is 1. The minimum absolute atomic E-state index is 0.802. The molecule has 0 atom stereocenters. The highest BCUT2D eigenvalue weighted by atomic mass is 16.3. The van der Waals surface area contributed by atoms with Crippen LogP contribution in [0.2, 0.25) is 0 Å². The predicted molar refractivity (Wildman–Crippen MR) is 69.1 cm³/mol. The number of oxazole rings is 1. The van der Waals surface area contributed by atoms with Gasteiger partial charge in [-0.15, -0.1) is 0 Å². The first kappa shape index (κ1) is 9.41. The Morgan fingerprint density at radius 2 is 2.11 bits per heavy atom. The van der Waals surface area contributed by atoms with E-state index < -0.39 is 0 Å². The molecule has 86 valence electrons. The summed E-state index contributed by atoms with van der Waals surface area (Å²) in [4.78, 5) is 11.7. The fraction of sp³-hybridized carbons (Fsp3) is 0. The van der Waals surface area contributed by atoms with Gasteiger partial charge < -0.3 is 9.40 Å². The summed E-state index contributed by atoms with van der Waals surface area (Å²) < 4.78 is 5.24. The molecule has 0 bridgehead atoms. The maximum atomic E-state index is 5.24. The largest absolute Gasteiger partial charge is 0.443 e. The van der Waals surface area contributed by atoms with Crippen LogP contribution in [0.15, 0.2) is 53.5 Å². The highest BCUT2D eigenvalue weighted by Crippen LogP contribution is 2.26. The maximum absolute atomic E-state index is 5.24. The lowest BCUT2D eigenvalue weighted by Crippen LogP contribution is -1.77. The number of nitrogens with zero attached hydrogens (tertiary/aromatic N) is 2. The second kappa shape index (κ2) is 3.43. The van der Waals surface area contributed by atoms with Crippen molar-refractivity contribution in [1.82, 2.24) is 15.0 Å². The zero-order valence-electron chi connectivity index (χ0n) is 9.42. The first-order valence-corrected chi connectivity index (χ1v) is 5.66. The van der Waals surface area contributed by atoms with Gasteiger partial charge in [-0.1, -0.05) is 0 Å². The number of fused-ring (bicyclic) bond motifs is 2. The second-order valence-electron chi connectivity index (χ2n) is 4.18. The number of nitrogens with one attached hydrogen (secondary N) is 1. The molecule has 4 rings (SSSR count). The van der Waals surface area contributed by atoms with Crippen LogP contribution in [-0.4, -0.2) is 15.0 Å². The summed E-state index contributed by atoms with van der Waals surface area (Å²) in [6.07, 6.45) is 5.09. The molecule has 0 saturated carbocycles. The van der Waals surface area contributed by atoms with Crippen molar-refractivity contribution in [2.45, 2.75) is 0 Å². The third-order valence-corrected chi connectivity index (χ3v) is 3.06. The molecule has 0 aliphatic heterocycles. The quantitative estimate of drug-likeness (QED) is 0.550. The Kier molecular flexibility index (Phi) is 1.80. The lowest BCUT2D eigenvalue weighted by Gasteiger charge is -1.96. The SMILES string of the molecule is c1cc2[nH]c(-c3ccc4ocnc4c3)cc2cn1. The zero-order chi connectivity index (χ0) is 11.9. The summed E-state index contributed by atoms with van der Waals surface area (Å²) in [5.74, 6) is 0. The van der Waals surface area contributed by atoms with Gasteiger partial charge in [-0.05, 0) is 30.3 Å². The molecule has 0 fully saturated rings. The Balaban J connectivity index is 1.94. The van der Waals surface area contributed by atoms with E-state index in [9.17, 15) is 0 Å². The highest BCUT2D eigenvalue weighted by molar-refractivity contribution is 5.87. The Labute approximate surface area is 102 Å². The molecule has 0 aliphatic rings. The molecule has 0 aliphatic carbocycles. The number of H-pyrrole nitrogens is 1. The van der Waals surface area contributed by atoms with Gasteiger partial charge in [0.1, 0.15) is 5.52 Å². The van der Waals surface area contributed by atoms with Crippen LogP contribution in [0.5, 0.6) is 0 Å². The van der Waals surface area contributed by atoms with Crippen molar-refractivity contribution in [3.05, 3.63) is 49.1 Å². The van der Waals surface area contributed by atoms with E-state index in [0.717, 1.165) is 33.3 Å². The van der Waals surface area contributed by atoms with Crippen LogP contribution in [-0.2, 0) is 0 Å². The summed E-state index contributed by atoms with van der Waals surface area (Å²) in [6.45, 7) is 0. The third-order valence-electron chi connectivity index (χ3n) is 3.06. The van der Waals surface area contributed by atoms with Gasteiger partial charge in [0, 0.05) is 34.6 Å². The van der Waals surface area contributed by atoms with Crippen molar-refractivity contribution in [3.63, 3.8) is 0 Å². The summed E-state index contributed by atoms with van der Waals surface area (Å²) in [6, 6.07) is 10.0. The van der Waals surface area contributed by atoms with Crippen molar-refractivity contribution >= 4 is 22.0 Å². The fourth-order valence-corrected chi connectivity index (χ4v) is 2.15. The predicted octanol–water partition coefficient (Wildman–Crippen LogP) is 3.37. The van der Waals surface area contributed by atoms with Gasteiger partial charge in [0.25, 0.3) is 0 Å². The van der Waals surface area contributed by atoms with Crippen LogP contribution in [0.25, 0.3) is 33.3 Å². The smallest absolute Gasteiger partial charge is 0.181 e. The first-order chi connectivity index (χ1) is 8.90. The summed E-state index contributed by atoms with van der Waals surface area (Å²) in [7, 11) is 0. The van der Waals surface area contributed by atoms with Gasteiger partial charge in [-0.25, -0.2) is 4.98 Å². The molecular weight excluding hydrogens is 226 g/mol. The molecule has 1 aromatic carbocycles. The molecule has 0 amide bonds. The van der Waals surface area contributed by atoms with E-state index >= 15 is 0 Å². The van der Waals surface area contributed by atoms with Crippen LogP contribution < -0.4 is 0 Å². The molecule has 0 radical (unpaired) electrons. The minimum atomic E-state index is 0.802. The molecule has 4 nitrogen and oxygen atoms in total. The molecular formula is C14H9N3O. The fourth-order valence-electron chi connectivity index (χ4n) is 2.15. The maximum Gasteiger partial charge on any atom is 0.181 e. The minimum Gasteiger partial charge on any atom is -0.443 e. The molecule has 3 heterocycles. The number of rotatable bonds is 1. The van der Waals surface area contributed by atoms with Crippen LogP contribution in [0, 0.1) is 0 Å². The molecule has 0 spiro atoms. The number of pyridine rings is 1.